The molecule has 3 aromatic carbocycles. The van der Waals surface area contributed by atoms with Crippen molar-refractivity contribution in [3.8, 4) is 0 Å². The van der Waals surface area contributed by atoms with E-state index >= 15 is 0 Å². The van der Waals surface area contributed by atoms with Gasteiger partial charge in [0.15, 0.2) is 5.96 Å². The first-order valence-electron chi connectivity index (χ1n) is 13.2. The molecule has 1 aliphatic heterocycles. The number of hydrogen-bond acceptors (Lipinski definition) is 5. The molecule has 0 atom stereocenters. The van der Waals surface area contributed by atoms with E-state index in [4.69, 9.17) is 14.9 Å². The number of rotatable bonds is 7. The Bertz CT molecular complexity index is 1410. The second kappa shape index (κ2) is 15.4. The normalized spacial score (nSPS) is 13.9. The second-order valence-electron chi connectivity index (χ2n) is 9.62. The van der Waals surface area contributed by atoms with Crippen molar-refractivity contribution in [1.82, 2.24) is 9.80 Å². The number of aliphatic carboxylic acids is 1. The van der Waals surface area contributed by atoms with E-state index in [9.17, 15) is 27.9 Å². The Morgan fingerprint density at radius 1 is 0.837 bits per heavy atom. The van der Waals surface area contributed by atoms with Crippen LogP contribution in [0.5, 0.6) is 0 Å². The van der Waals surface area contributed by atoms with Gasteiger partial charge in [-0.15, -0.1) is 0 Å². The lowest BCUT2D eigenvalue weighted by Crippen LogP contribution is -2.52. The number of halogens is 3. The molecule has 10 nitrogen and oxygen atoms in total. The number of carboxylic acids is 2. The summed E-state index contributed by atoms with van der Waals surface area (Å²) in [5.74, 6) is -3.08. The largest absolute Gasteiger partial charge is 0.490 e. The summed E-state index contributed by atoms with van der Waals surface area (Å²) in [6.07, 6.45) is -5.08. The number of nitrogens with zero attached hydrogens (tertiary/aromatic N) is 3. The monoisotopic (exact) mass is 599 g/mol. The van der Waals surface area contributed by atoms with Gasteiger partial charge in [0.1, 0.15) is 0 Å². The van der Waals surface area contributed by atoms with Gasteiger partial charge in [-0.1, -0.05) is 54.1 Å². The summed E-state index contributed by atoms with van der Waals surface area (Å²) in [6, 6.07) is 24.5. The van der Waals surface area contributed by atoms with E-state index in [0.29, 0.717) is 50.9 Å². The van der Waals surface area contributed by atoms with Gasteiger partial charge in [-0.25, -0.2) is 14.6 Å². The van der Waals surface area contributed by atoms with Gasteiger partial charge in [-0.3, -0.25) is 9.69 Å². The van der Waals surface area contributed by atoms with Gasteiger partial charge in [-0.2, -0.15) is 13.2 Å². The summed E-state index contributed by atoms with van der Waals surface area (Å²) in [6.45, 7) is 5.65. The zero-order chi connectivity index (χ0) is 31.4. The minimum absolute atomic E-state index is 0.0334. The van der Waals surface area contributed by atoms with Gasteiger partial charge in [0.05, 0.1) is 18.7 Å². The van der Waals surface area contributed by atoms with E-state index in [1.807, 2.05) is 67.6 Å². The number of benzene rings is 3. The van der Waals surface area contributed by atoms with Crippen LogP contribution < -0.4 is 10.6 Å². The first-order valence-corrected chi connectivity index (χ1v) is 13.2. The fourth-order valence-electron chi connectivity index (χ4n) is 3.99. The number of carbonyl (C=O) groups excluding carboxylic acids is 1. The summed E-state index contributed by atoms with van der Waals surface area (Å²) in [4.78, 5) is 41.9. The molecule has 3 aromatic rings. The number of piperazine rings is 1. The van der Waals surface area contributed by atoms with Crippen molar-refractivity contribution in [2.75, 3.05) is 43.4 Å². The molecule has 0 unspecified atom stereocenters. The highest BCUT2D eigenvalue weighted by Crippen LogP contribution is 2.15. The minimum Gasteiger partial charge on any atom is -0.478 e. The summed E-state index contributed by atoms with van der Waals surface area (Å²) >= 11 is 0. The Balaban J connectivity index is 0.000000646. The maximum Gasteiger partial charge on any atom is 0.490 e. The standard InChI is InChI=1S/C28H31N5O3.C2HF3O2/c1-21-10-12-24(13-11-21)30-26(34)20-32-14-16-33(17-15-32)28(29-19-22-6-3-2-4-7-22)31-25-9-5-8-23(18-25)27(35)36;3-2(4,5)1(6)7/h2-13,18H,14-17,19-20H2,1H3,(H,29,31)(H,30,34)(H,35,36);(H,6,7). The maximum atomic E-state index is 12.5. The summed E-state index contributed by atoms with van der Waals surface area (Å²) in [5.41, 5.74) is 3.92. The predicted octanol–water partition coefficient (Wildman–Crippen LogP) is 4.55. The summed E-state index contributed by atoms with van der Waals surface area (Å²) < 4.78 is 31.7. The number of nitrogens with one attached hydrogen (secondary N) is 2. The number of alkyl halides is 3. The predicted molar refractivity (Wildman–Crippen MR) is 156 cm³/mol. The molecule has 4 rings (SSSR count). The Morgan fingerprint density at radius 2 is 1.47 bits per heavy atom. The molecule has 0 aromatic heterocycles. The van der Waals surface area contributed by atoms with Crippen molar-refractivity contribution in [2.24, 2.45) is 4.99 Å². The molecule has 1 saturated heterocycles. The number of aryl methyl sites for hydroxylation is 1. The molecule has 1 heterocycles. The number of hydrogen-bond donors (Lipinski definition) is 4. The summed E-state index contributed by atoms with van der Waals surface area (Å²) in [7, 11) is 0. The van der Waals surface area contributed by atoms with Crippen LogP contribution in [0.25, 0.3) is 0 Å². The molecule has 0 aliphatic carbocycles. The van der Waals surface area contributed by atoms with E-state index in [-0.39, 0.29) is 11.5 Å². The van der Waals surface area contributed by atoms with Crippen molar-refractivity contribution in [2.45, 2.75) is 19.6 Å². The molecular formula is C30H32F3N5O5. The number of aromatic carboxylic acids is 1. The van der Waals surface area contributed by atoms with Crippen LogP contribution in [0.3, 0.4) is 0 Å². The molecular weight excluding hydrogens is 567 g/mol. The molecule has 13 heteroatoms. The van der Waals surface area contributed by atoms with E-state index in [2.05, 4.69) is 20.4 Å². The van der Waals surface area contributed by atoms with Crippen molar-refractivity contribution < 1.29 is 37.8 Å². The van der Waals surface area contributed by atoms with Crippen LogP contribution in [0.4, 0.5) is 24.5 Å². The lowest BCUT2D eigenvalue weighted by atomic mass is 10.2. The van der Waals surface area contributed by atoms with Crippen molar-refractivity contribution >= 4 is 35.2 Å². The SMILES string of the molecule is Cc1ccc(NC(=O)CN2CCN(C(=NCc3ccccc3)Nc3cccc(C(=O)O)c3)CC2)cc1.O=C(O)C(F)(F)F. The molecule has 43 heavy (non-hydrogen) atoms. The van der Waals surface area contributed by atoms with Crippen LogP contribution in [0.15, 0.2) is 83.9 Å². The Morgan fingerprint density at radius 3 is 2.05 bits per heavy atom. The van der Waals surface area contributed by atoms with Gasteiger partial charge in [0, 0.05) is 37.6 Å². The maximum absolute atomic E-state index is 12.5. The third kappa shape index (κ3) is 11.1. The topological polar surface area (TPSA) is 135 Å². The summed E-state index contributed by atoms with van der Waals surface area (Å²) in [5, 5.41) is 22.7. The van der Waals surface area contributed by atoms with Crippen molar-refractivity contribution in [1.29, 1.82) is 0 Å². The Kier molecular flexibility index (Phi) is 11.6. The highest BCUT2D eigenvalue weighted by molar-refractivity contribution is 5.96. The molecule has 228 valence electrons. The van der Waals surface area contributed by atoms with Crippen molar-refractivity contribution in [3.05, 3.63) is 95.6 Å². The number of carboxylic acid groups (broad SMARTS) is 2. The molecule has 1 aliphatic rings. The first-order chi connectivity index (χ1) is 20.4. The third-order valence-electron chi connectivity index (χ3n) is 6.24. The lowest BCUT2D eigenvalue weighted by Gasteiger charge is -2.36. The number of amides is 1. The van der Waals surface area contributed by atoms with E-state index in [1.54, 1.807) is 18.2 Å². The van der Waals surface area contributed by atoms with E-state index < -0.39 is 18.1 Å². The highest BCUT2D eigenvalue weighted by atomic mass is 19.4. The zero-order valence-corrected chi connectivity index (χ0v) is 23.3. The molecule has 1 amide bonds. The molecule has 0 radical (unpaired) electrons. The van der Waals surface area contributed by atoms with Gasteiger partial charge >= 0.3 is 18.1 Å². The van der Waals surface area contributed by atoms with Gasteiger partial charge in [0.2, 0.25) is 5.91 Å². The smallest absolute Gasteiger partial charge is 0.478 e. The third-order valence-corrected chi connectivity index (χ3v) is 6.24. The van der Waals surface area contributed by atoms with E-state index in [1.165, 1.54) is 0 Å². The number of carbonyl (C=O) groups is 3. The zero-order valence-electron chi connectivity index (χ0n) is 23.3. The van der Waals surface area contributed by atoms with Gasteiger partial charge < -0.3 is 25.7 Å². The molecule has 0 saturated carbocycles. The Labute approximate surface area is 246 Å². The fourth-order valence-corrected chi connectivity index (χ4v) is 3.99. The Hall–Kier alpha value is -4.91. The van der Waals surface area contributed by atoms with Crippen LogP contribution in [0.2, 0.25) is 0 Å². The van der Waals surface area contributed by atoms with Crippen molar-refractivity contribution in [3.63, 3.8) is 0 Å². The average Bonchev–Trinajstić information content (AvgIpc) is 2.97. The lowest BCUT2D eigenvalue weighted by molar-refractivity contribution is -0.192. The number of aliphatic imine (C=N–C) groups is 1. The average molecular weight is 600 g/mol. The number of guanidine groups is 1. The molecule has 1 fully saturated rings. The van der Waals surface area contributed by atoms with Crippen LogP contribution in [-0.4, -0.2) is 82.7 Å². The minimum atomic E-state index is -5.08. The van der Waals surface area contributed by atoms with Crippen LogP contribution >= 0.6 is 0 Å². The second-order valence-corrected chi connectivity index (χ2v) is 9.62. The van der Waals surface area contributed by atoms with Crippen LogP contribution in [0.1, 0.15) is 21.5 Å². The first kappa shape index (κ1) is 32.6. The quantitative estimate of drug-likeness (QED) is 0.230. The van der Waals surface area contributed by atoms with Crippen LogP contribution in [0, 0.1) is 6.92 Å². The van der Waals surface area contributed by atoms with Gasteiger partial charge in [0.25, 0.3) is 0 Å². The molecule has 0 spiro atoms. The van der Waals surface area contributed by atoms with E-state index in [0.717, 1.165) is 16.8 Å². The fraction of sp³-hybridized carbons (Fsp3) is 0.267. The number of anilines is 2. The molecule has 0 bridgehead atoms. The highest BCUT2D eigenvalue weighted by Gasteiger charge is 2.38. The van der Waals surface area contributed by atoms with Crippen LogP contribution in [-0.2, 0) is 16.1 Å². The van der Waals surface area contributed by atoms with Gasteiger partial charge in [-0.05, 0) is 42.8 Å². The molecule has 4 N–H and O–H groups in total.